The molecule has 0 bridgehead atoms. The molecule has 1 aliphatic rings. The summed E-state index contributed by atoms with van der Waals surface area (Å²) in [6.07, 6.45) is 1.14. The van der Waals surface area contributed by atoms with Gasteiger partial charge in [-0.1, -0.05) is 20.8 Å². The largest absolute Gasteiger partial charge is 0.481 e. The minimum absolute atomic E-state index is 0.162. The molecular formula is C11H20N2O3. The maximum atomic E-state index is 11.3. The van der Waals surface area contributed by atoms with Gasteiger partial charge in [-0.05, 0) is 17.8 Å². The van der Waals surface area contributed by atoms with Crippen molar-refractivity contribution in [2.75, 3.05) is 13.1 Å². The lowest BCUT2D eigenvalue weighted by Gasteiger charge is -2.10. The fraction of sp³-hybridized carbons (Fsp3) is 0.818. The van der Waals surface area contributed by atoms with Crippen LogP contribution >= 0.6 is 0 Å². The molecule has 16 heavy (non-hydrogen) atoms. The predicted molar refractivity (Wildman–Crippen MR) is 60.1 cm³/mol. The summed E-state index contributed by atoms with van der Waals surface area (Å²) in [4.78, 5) is 21.8. The monoisotopic (exact) mass is 228 g/mol. The lowest BCUT2D eigenvalue weighted by Crippen LogP contribution is -2.40. The Bertz CT molecular complexity index is 289. The van der Waals surface area contributed by atoms with Crippen LogP contribution in [0.2, 0.25) is 0 Å². The van der Waals surface area contributed by atoms with Crippen molar-refractivity contribution in [2.45, 2.75) is 27.2 Å². The van der Waals surface area contributed by atoms with Crippen molar-refractivity contribution in [3.05, 3.63) is 0 Å². The predicted octanol–water partition coefficient (Wildman–Crippen LogP) is 1.05. The third-order valence-electron chi connectivity index (χ3n) is 3.22. The zero-order valence-electron chi connectivity index (χ0n) is 10.0. The van der Waals surface area contributed by atoms with Gasteiger partial charge in [0.1, 0.15) is 0 Å². The summed E-state index contributed by atoms with van der Waals surface area (Å²) < 4.78 is 0. The van der Waals surface area contributed by atoms with E-state index >= 15 is 0 Å². The van der Waals surface area contributed by atoms with E-state index < -0.39 is 11.9 Å². The first-order valence-electron chi connectivity index (χ1n) is 5.57. The van der Waals surface area contributed by atoms with Crippen molar-refractivity contribution >= 4 is 12.0 Å². The average molecular weight is 228 g/mol. The van der Waals surface area contributed by atoms with E-state index in [-0.39, 0.29) is 12.6 Å². The molecule has 0 saturated heterocycles. The number of hydrogen-bond acceptors (Lipinski definition) is 2. The van der Waals surface area contributed by atoms with Crippen LogP contribution in [0.3, 0.4) is 0 Å². The molecule has 0 radical (unpaired) electrons. The molecule has 2 unspecified atom stereocenters. The van der Waals surface area contributed by atoms with Gasteiger partial charge in [0.25, 0.3) is 0 Å². The van der Waals surface area contributed by atoms with Gasteiger partial charge < -0.3 is 15.7 Å². The van der Waals surface area contributed by atoms with Gasteiger partial charge in [-0.3, -0.25) is 4.79 Å². The fourth-order valence-electron chi connectivity index (χ4n) is 1.54. The Hall–Kier alpha value is -1.26. The van der Waals surface area contributed by atoms with Crippen LogP contribution in [0.5, 0.6) is 0 Å². The lowest BCUT2D eigenvalue weighted by molar-refractivity contribution is -0.140. The van der Waals surface area contributed by atoms with Crippen molar-refractivity contribution in [1.82, 2.24) is 10.6 Å². The summed E-state index contributed by atoms with van der Waals surface area (Å²) in [7, 11) is 0. The van der Waals surface area contributed by atoms with Crippen molar-refractivity contribution in [3.8, 4) is 0 Å². The van der Waals surface area contributed by atoms with E-state index in [1.54, 1.807) is 6.92 Å². The van der Waals surface area contributed by atoms with Gasteiger partial charge in [-0.15, -0.1) is 0 Å². The number of urea groups is 1. The average Bonchev–Trinajstić information content (AvgIpc) is 2.79. The van der Waals surface area contributed by atoms with E-state index in [0.29, 0.717) is 17.9 Å². The first kappa shape index (κ1) is 12.8. The Morgan fingerprint density at radius 3 is 2.44 bits per heavy atom. The van der Waals surface area contributed by atoms with Crippen LogP contribution in [0.25, 0.3) is 0 Å². The molecule has 0 aromatic heterocycles. The SMILES string of the molecule is CC(CNC(=O)NCC1CC1(C)C)C(=O)O. The second-order valence-electron chi connectivity index (χ2n) is 5.22. The Morgan fingerprint density at radius 2 is 2.00 bits per heavy atom. The molecule has 92 valence electrons. The van der Waals surface area contributed by atoms with Gasteiger partial charge in [0.05, 0.1) is 5.92 Å². The highest BCUT2D eigenvalue weighted by Crippen LogP contribution is 2.50. The molecular weight excluding hydrogens is 208 g/mol. The minimum Gasteiger partial charge on any atom is -0.481 e. The normalized spacial score (nSPS) is 23.3. The number of carboxylic acids is 1. The summed E-state index contributed by atoms with van der Waals surface area (Å²) in [6.45, 7) is 6.73. The summed E-state index contributed by atoms with van der Waals surface area (Å²) in [6, 6.07) is -0.282. The number of hydrogen-bond donors (Lipinski definition) is 3. The van der Waals surface area contributed by atoms with Gasteiger partial charge in [-0.2, -0.15) is 0 Å². The molecule has 0 aliphatic heterocycles. The van der Waals surface area contributed by atoms with Crippen LogP contribution in [0.1, 0.15) is 27.2 Å². The number of carbonyl (C=O) groups is 2. The summed E-state index contributed by atoms with van der Waals surface area (Å²) in [5.74, 6) is -0.901. The first-order valence-corrected chi connectivity index (χ1v) is 5.57. The molecule has 5 nitrogen and oxygen atoms in total. The molecule has 2 amide bonds. The van der Waals surface area contributed by atoms with Crippen LogP contribution in [-0.4, -0.2) is 30.2 Å². The fourth-order valence-corrected chi connectivity index (χ4v) is 1.54. The van der Waals surface area contributed by atoms with Gasteiger partial charge in [-0.25, -0.2) is 4.79 Å². The topological polar surface area (TPSA) is 78.4 Å². The Balaban J connectivity index is 2.10. The van der Waals surface area contributed by atoms with Gasteiger partial charge in [0, 0.05) is 13.1 Å². The number of amides is 2. The molecule has 1 rings (SSSR count). The number of carboxylic acid groups (broad SMARTS) is 1. The number of aliphatic carboxylic acids is 1. The number of nitrogens with one attached hydrogen (secondary N) is 2. The smallest absolute Gasteiger partial charge is 0.314 e. The van der Waals surface area contributed by atoms with E-state index in [2.05, 4.69) is 24.5 Å². The van der Waals surface area contributed by atoms with Crippen LogP contribution in [0.4, 0.5) is 4.79 Å². The van der Waals surface area contributed by atoms with Crippen LogP contribution in [0, 0.1) is 17.3 Å². The summed E-state index contributed by atoms with van der Waals surface area (Å²) >= 11 is 0. The molecule has 0 aromatic rings. The van der Waals surface area contributed by atoms with Gasteiger partial charge in [0.15, 0.2) is 0 Å². The Labute approximate surface area is 95.6 Å². The van der Waals surface area contributed by atoms with E-state index in [4.69, 9.17) is 5.11 Å². The maximum absolute atomic E-state index is 11.3. The number of rotatable bonds is 5. The highest BCUT2D eigenvalue weighted by molar-refractivity contribution is 5.75. The van der Waals surface area contributed by atoms with Gasteiger partial charge >= 0.3 is 12.0 Å². The highest BCUT2D eigenvalue weighted by atomic mass is 16.4. The quantitative estimate of drug-likeness (QED) is 0.658. The molecule has 3 N–H and O–H groups in total. The second kappa shape index (κ2) is 4.72. The van der Waals surface area contributed by atoms with E-state index in [1.165, 1.54) is 0 Å². The van der Waals surface area contributed by atoms with E-state index in [1.807, 2.05) is 0 Å². The maximum Gasteiger partial charge on any atom is 0.314 e. The van der Waals surface area contributed by atoms with Crippen molar-refractivity contribution in [1.29, 1.82) is 0 Å². The summed E-state index contributed by atoms with van der Waals surface area (Å²) in [5.41, 5.74) is 0.349. The molecule has 5 heteroatoms. The first-order chi connectivity index (χ1) is 7.33. The third-order valence-corrected chi connectivity index (χ3v) is 3.22. The zero-order valence-corrected chi connectivity index (χ0v) is 10.0. The van der Waals surface area contributed by atoms with Crippen molar-refractivity contribution < 1.29 is 14.7 Å². The molecule has 0 heterocycles. The molecule has 0 spiro atoms. The Morgan fingerprint density at radius 1 is 1.44 bits per heavy atom. The van der Waals surface area contributed by atoms with Crippen LogP contribution in [0.15, 0.2) is 0 Å². The molecule has 2 atom stereocenters. The van der Waals surface area contributed by atoms with Crippen molar-refractivity contribution in [2.24, 2.45) is 17.3 Å². The third kappa shape index (κ3) is 3.72. The van der Waals surface area contributed by atoms with Crippen LogP contribution < -0.4 is 10.6 Å². The van der Waals surface area contributed by atoms with Gasteiger partial charge in [0.2, 0.25) is 0 Å². The van der Waals surface area contributed by atoms with Crippen molar-refractivity contribution in [3.63, 3.8) is 0 Å². The number of carbonyl (C=O) groups excluding carboxylic acids is 1. The highest BCUT2D eigenvalue weighted by Gasteiger charge is 2.45. The zero-order chi connectivity index (χ0) is 12.3. The second-order valence-corrected chi connectivity index (χ2v) is 5.22. The standard InChI is InChI=1S/C11H20N2O3/c1-7(9(14)15)5-12-10(16)13-6-8-4-11(8,2)3/h7-8H,4-6H2,1-3H3,(H,14,15)(H2,12,13,16). The molecule has 1 saturated carbocycles. The van der Waals surface area contributed by atoms with E-state index in [0.717, 1.165) is 6.42 Å². The lowest BCUT2D eigenvalue weighted by atomic mass is 10.1. The van der Waals surface area contributed by atoms with E-state index in [9.17, 15) is 9.59 Å². The Kier molecular flexibility index (Phi) is 3.78. The molecule has 0 aromatic carbocycles. The summed E-state index contributed by atoms with van der Waals surface area (Å²) in [5, 5.41) is 13.9. The molecule has 1 aliphatic carbocycles. The van der Waals surface area contributed by atoms with Crippen LogP contribution in [-0.2, 0) is 4.79 Å². The minimum atomic E-state index is -0.899. The molecule has 1 fully saturated rings.